The molecule has 0 rings (SSSR count). The van der Waals surface area contributed by atoms with Crippen molar-refractivity contribution < 1.29 is 9.84 Å². The number of aliphatic hydroxyl groups excluding tert-OH is 1. The Kier molecular flexibility index (Phi) is 5.58. The summed E-state index contributed by atoms with van der Waals surface area (Å²) in [5.74, 6) is 0. The molecule has 0 aliphatic heterocycles. The molecule has 3 heteroatoms. The maximum absolute atomic E-state index is 8.65. The zero-order valence-electron chi connectivity index (χ0n) is 6.92. The molecule has 0 heterocycles. The summed E-state index contributed by atoms with van der Waals surface area (Å²) in [5, 5.41) is 11.8. The molecular formula is C7H17NO2. The minimum Gasteiger partial charge on any atom is -0.395 e. The average Bonchev–Trinajstić information content (AvgIpc) is 1.88. The van der Waals surface area contributed by atoms with E-state index in [1.807, 2.05) is 13.8 Å². The van der Waals surface area contributed by atoms with E-state index in [0.717, 1.165) is 0 Å². The second kappa shape index (κ2) is 5.65. The van der Waals surface area contributed by atoms with Crippen molar-refractivity contribution in [2.24, 2.45) is 0 Å². The molecule has 0 aromatic rings. The maximum Gasteiger partial charge on any atom is 0.0613 e. The van der Waals surface area contributed by atoms with Gasteiger partial charge in [-0.05, 0) is 13.8 Å². The first-order chi connectivity index (χ1) is 4.70. The van der Waals surface area contributed by atoms with Crippen molar-refractivity contribution >= 4 is 0 Å². The number of rotatable bonds is 5. The van der Waals surface area contributed by atoms with Crippen LogP contribution < -0.4 is 5.32 Å². The molecule has 10 heavy (non-hydrogen) atoms. The van der Waals surface area contributed by atoms with Crippen molar-refractivity contribution in [1.82, 2.24) is 5.32 Å². The number of aliphatic hydroxyl groups is 1. The summed E-state index contributed by atoms with van der Waals surface area (Å²) in [4.78, 5) is 0. The van der Waals surface area contributed by atoms with Crippen LogP contribution in [0.4, 0.5) is 0 Å². The van der Waals surface area contributed by atoms with Gasteiger partial charge in [0.1, 0.15) is 0 Å². The summed E-state index contributed by atoms with van der Waals surface area (Å²) in [6.45, 7) is 4.82. The fourth-order valence-corrected chi connectivity index (χ4v) is 0.837. The van der Waals surface area contributed by atoms with Crippen LogP contribution in [0.5, 0.6) is 0 Å². The van der Waals surface area contributed by atoms with Gasteiger partial charge >= 0.3 is 0 Å². The number of hydrogen-bond acceptors (Lipinski definition) is 3. The number of ether oxygens (including phenoxy) is 1. The highest BCUT2D eigenvalue weighted by molar-refractivity contribution is 4.64. The summed E-state index contributed by atoms with van der Waals surface area (Å²) in [6, 6.07) is 0.470. The third-order valence-corrected chi connectivity index (χ3v) is 1.26. The highest BCUT2D eigenvalue weighted by atomic mass is 16.5. The Morgan fingerprint density at radius 2 is 2.00 bits per heavy atom. The van der Waals surface area contributed by atoms with Gasteiger partial charge in [-0.25, -0.2) is 0 Å². The molecule has 0 saturated carbocycles. The van der Waals surface area contributed by atoms with Crippen molar-refractivity contribution in [2.75, 3.05) is 20.3 Å². The third-order valence-electron chi connectivity index (χ3n) is 1.26. The standard InChI is InChI=1S/C7H17NO2/c1-6(4-9)8-7(2)5-10-3/h6-9H,4-5H2,1-3H3/t6-,7+/m0/s1. The van der Waals surface area contributed by atoms with Crippen molar-refractivity contribution in [3.05, 3.63) is 0 Å². The first-order valence-corrected chi connectivity index (χ1v) is 3.56. The van der Waals surface area contributed by atoms with Crippen molar-refractivity contribution in [2.45, 2.75) is 25.9 Å². The predicted octanol–water partition coefficient (Wildman–Crippen LogP) is -0.00830. The lowest BCUT2D eigenvalue weighted by Gasteiger charge is -2.16. The van der Waals surface area contributed by atoms with Gasteiger partial charge in [0, 0.05) is 19.2 Å². The van der Waals surface area contributed by atoms with Gasteiger partial charge in [0.2, 0.25) is 0 Å². The van der Waals surface area contributed by atoms with E-state index in [9.17, 15) is 0 Å². The zero-order valence-corrected chi connectivity index (χ0v) is 6.92. The van der Waals surface area contributed by atoms with Crippen molar-refractivity contribution in [1.29, 1.82) is 0 Å². The quantitative estimate of drug-likeness (QED) is 0.575. The van der Waals surface area contributed by atoms with Crippen molar-refractivity contribution in [3.63, 3.8) is 0 Å². The lowest BCUT2D eigenvalue weighted by atomic mass is 10.3. The molecule has 0 aliphatic carbocycles. The highest BCUT2D eigenvalue weighted by Gasteiger charge is 2.04. The van der Waals surface area contributed by atoms with E-state index in [4.69, 9.17) is 9.84 Å². The Hall–Kier alpha value is -0.120. The summed E-state index contributed by atoms with van der Waals surface area (Å²) in [7, 11) is 1.67. The number of hydrogen-bond donors (Lipinski definition) is 2. The van der Waals surface area contributed by atoms with Crippen LogP contribution in [-0.4, -0.2) is 37.5 Å². The fourth-order valence-electron chi connectivity index (χ4n) is 0.837. The highest BCUT2D eigenvalue weighted by Crippen LogP contribution is 1.86. The molecule has 0 aromatic heterocycles. The van der Waals surface area contributed by atoms with E-state index in [1.54, 1.807) is 7.11 Å². The van der Waals surface area contributed by atoms with Gasteiger partial charge < -0.3 is 15.2 Å². The Balaban J connectivity index is 3.27. The smallest absolute Gasteiger partial charge is 0.0613 e. The van der Waals surface area contributed by atoms with Crippen LogP contribution in [0.2, 0.25) is 0 Å². The van der Waals surface area contributed by atoms with Crippen LogP contribution in [0.15, 0.2) is 0 Å². The van der Waals surface area contributed by atoms with Crippen LogP contribution in [0.1, 0.15) is 13.8 Å². The van der Waals surface area contributed by atoms with Gasteiger partial charge in [-0.15, -0.1) is 0 Å². The molecule has 0 saturated heterocycles. The van der Waals surface area contributed by atoms with E-state index in [0.29, 0.717) is 12.6 Å². The third kappa shape index (κ3) is 4.73. The molecule has 0 spiro atoms. The molecule has 62 valence electrons. The first-order valence-electron chi connectivity index (χ1n) is 3.56. The number of nitrogens with one attached hydrogen (secondary N) is 1. The van der Waals surface area contributed by atoms with Gasteiger partial charge in [0.25, 0.3) is 0 Å². The average molecular weight is 147 g/mol. The molecule has 3 nitrogen and oxygen atoms in total. The second-order valence-electron chi connectivity index (χ2n) is 2.61. The largest absolute Gasteiger partial charge is 0.395 e. The van der Waals surface area contributed by atoms with E-state index in [-0.39, 0.29) is 12.6 Å². The van der Waals surface area contributed by atoms with E-state index >= 15 is 0 Å². The van der Waals surface area contributed by atoms with Crippen molar-refractivity contribution in [3.8, 4) is 0 Å². The monoisotopic (exact) mass is 147 g/mol. The van der Waals surface area contributed by atoms with Gasteiger partial charge in [-0.3, -0.25) is 0 Å². The summed E-state index contributed by atoms with van der Waals surface area (Å²) < 4.78 is 4.90. The van der Waals surface area contributed by atoms with Crippen LogP contribution in [-0.2, 0) is 4.74 Å². The summed E-state index contributed by atoms with van der Waals surface area (Å²) in [6.07, 6.45) is 0. The summed E-state index contributed by atoms with van der Waals surface area (Å²) in [5.41, 5.74) is 0. The van der Waals surface area contributed by atoms with Crippen LogP contribution in [0.25, 0.3) is 0 Å². The molecule has 2 atom stereocenters. The Morgan fingerprint density at radius 1 is 1.40 bits per heavy atom. The van der Waals surface area contributed by atoms with Gasteiger partial charge in [0.15, 0.2) is 0 Å². The zero-order chi connectivity index (χ0) is 7.98. The minimum atomic E-state index is 0.158. The molecule has 0 aromatic carbocycles. The molecule has 0 amide bonds. The molecular weight excluding hydrogens is 130 g/mol. The lowest BCUT2D eigenvalue weighted by molar-refractivity contribution is 0.157. The molecule has 0 aliphatic rings. The number of methoxy groups -OCH3 is 1. The predicted molar refractivity (Wildman–Crippen MR) is 41.0 cm³/mol. The van der Waals surface area contributed by atoms with E-state index in [2.05, 4.69) is 5.32 Å². The van der Waals surface area contributed by atoms with Gasteiger partial charge in [-0.1, -0.05) is 0 Å². The molecule has 2 N–H and O–H groups in total. The Bertz CT molecular complexity index is 78.0. The topological polar surface area (TPSA) is 41.5 Å². The molecule has 0 fully saturated rings. The van der Waals surface area contributed by atoms with Crippen LogP contribution >= 0.6 is 0 Å². The van der Waals surface area contributed by atoms with E-state index < -0.39 is 0 Å². The Morgan fingerprint density at radius 3 is 2.40 bits per heavy atom. The van der Waals surface area contributed by atoms with Crippen LogP contribution in [0, 0.1) is 0 Å². The Labute approximate surface area is 62.4 Å². The van der Waals surface area contributed by atoms with Crippen LogP contribution in [0.3, 0.4) is 0 Å². The molecule has 0 radical (unpaired) electrons. The van der Waals surface area contributed by atoms with Gasteiger partial charge in [-0.2, -0.15) is 0 Å². The maximum atomic E-state index is 8.65. The first kappa shape index (κ1) is 9.88. The lowest BCUT2D eigenvalue weighted by Crippen LogP contribution is -2.39. The second-order valence-corrected chi connectivity index (χ2v) is 2.61. The molecule has 0 bridgehead atoms. The summed E-state index contributed by atoms with van der Waals surface area (Å²) >= 11 is 0. The fraction of sp³-hybridized carbons (Fsp3) is 1.00. The van der Waals surface area contributed by atoms with E-state index in [1.165, 1.54) is 0 Å². The minimum absolute atomic E-state index is 0.158. The molecule has 0 unspecified atom stereocenters. The van der Waals surface area contributed by atoms with Gasteiger partial charge in [0.05, 0.1) is 13.2 Å². The SMILES string of the molecule is COC[C@@H](C)N[C@@H](C)CO. The normalized spacial score (nSPS) is 16.8.